The molecule has 1 unspecified atom stereocenters. The summed E-state index contributed by atoms with van der Waals surface area (Å²) in [6.07, 6.45) is 1.51. The van der Waals surface area contributed by atoms with Crippen LogP contribution >= 0.6 is 15.9 Å². The van der Waals surface area contributed by atoms with Gasteiger partial charge in [0.1, 0.15) is 0 Å². The van der Waals surface area contributed by atoms with E-state index in [1.807, 2.05) is 12.1 Å². The van der Waals surface area contributed by atoms with Gasteiger partial charge in [0.25, 0.3) is 0 Å². The van der Waals surface area contributed by atoms with E-state index in [1.165, 1.54) is 0 Å². The number of rotatable bonds is 4. The molecule has 0 bridgehead atoms. The van der Waals surface area contributed by atoms with Crippen LogP contribution in [0.25, 0.3) is 11.0 Å². The molecular weight excluding hydrogens is 320 g/mol. The Labute approximate surface area is 126 Å². The molecule has 5 heteroatoms. The molecule has 108 valence electrons. The standard InChI is InChI=1S/C15H19BrN2O2/c1-5-9(2)6-14(19)10-7-12-13(8-11(10)16)18(4)15(20)17(12)3/h7-9H,5-6H2,1-4H3. The van der Waals surface area contributed by atoms with Crippen LogP contribution in [0.5, 0.6) is 0 Å². The lowest BCUT2D eigenvalue weighted by Crippen LogP contribution is -2.19. The number of hydrogen-bond donors (Lipinski definition) is 0. The van der Waals surface area contributed by atoms with Crippen molar-refractivity contribution < 1.29 is 4.79 Å². The highest BCUT2D eigenvalue weighted by atomic mass is 79.9. The number of carbonyl (C=O) groups excluding carboxylic acids is 1. The number of aromatic nitrogens is 2. The Bertz CT molecular complexity index is 728. The Kier molecular flexibility index (Phi) is 4.18. The van der Waals surface area contributed by atoms with Gasteiger partial charge in [0.05, 0.1) is 11.0 Å². The second-order valence-electron chi connectivity index (χ2n) is 5.36. The lowest BCUT2D eigenvalue weighted by molar-refractivity contribution is 0.0963. The highest BCUT2D eigenvalue weighted by Crippen LogP contribution is 2.26. The second kappa shape index (κ2) is 5.56. The lowest BCUT2D eigenvalue weighted by atomic mass is 9.97. The smallest absolute Gasteiger partial charge is 0.295 e. The van der Waals surface area contributed by atoms with Crippen molar-refractivity contribution in [2.24, 2.45) is 20.0 Å². The Morgan fingerprint density at radius 3 is 2.35 bits per heavy atom. The van der Waals surface area contributed by atoms with E-state index in [1.54, 1.807) is 23.2 Å². The van der Waals surface area contributed by atoms with Gasteiger partial charge >= 0.3 is 5.69 Å². The van der Waals surface area contributed by atoms with Gasteiger partial charge in [-0.05, 0) is 34.0 Å². The van der Waals surface area contributed by atoms with E-state index in [9.17, 15) is 9.59 Å². The summed E-state index contributed by atoms with van der Waals surface area (Å²) < 4.78 is 3.91. The number of hydrogen-bond acceptors (Lipinski definition) is 2. The molecule has 1 atom stereocenters. The fraction of sp³-hybridized carbons (Fsp3) is 0.467. The van der Waals surface area contributed by atoms with Crippen LogP contribution in [0.3, 0.4) is 0 Å². The van der Waals surface area contributed by atoms with Gasteiger partial charge in [-0.2, -0.15) is 0 Å². The minimum Gasteiger partial charge on any atom is -0.295 e. The molecule has 2 aromatic rings. The van der Waals surface area contributed by atoms with E-state index in [0.29, 0.717) is 17.9 Å². The normalized spacial score (nSPS) is 12.8. The summed E-state index contributed by atoms with van der Waals surface area (Å²) in [6.45, 7) is 4.15. The molecule has 1 aromatic carbocycles. The molecular formula is C15H19BrN2O2. The minimum atomic E-state index is -0.0848. The number of nitrogens with zero attached hydrogens (tertiary/aromatic N) is 2. The van der Waals surface area contributed by atoms with Gasteiger partial charge in [0, 0.05) is 30.6 Å². The highest BCUT2D eigenvalue weighted by molar-refractivity contribution is 9.10. The van der Waals surface area contributed by atoms with Gasteiger partial charge in [-0.25, -0.2) is 4.79 Å². The van der Waals surface area contributed by atoms with Crippen molar-refractivity contribution in [2.75, 3.05) is 0 Å². The van der Waals surface area contributed by atoms with Crippen LogP contribution in [-0.2, 0) is 14.1 Å². The van der Waals surface area contributed by atoms with Gasteiger partial charge in [0.15, 0.2) is 5.78 Å². The quantitative estimate of drug-likeness (QED) is 0.803. The third kappa shape index (κ3) is 2.46. The zero-order chi connectivity index (χ0) is 15.0. The summed E-state index contributed by atoms with van der Waals surface area (Å²) in [5, 5.41) is 0. The number of Topliss-reactive ketones (excluding diaryl/α,β-unsaturated/α-hetero) is 1. The molecule has 0 radical (unpaired) electrons. The topological polar surface area (TPSA) is 44.0 Å². The van der Waals surface area contributed by atoms with Crippen LogP contribution < -0.4 is 5.69 Å². The maximum Gasteiger partial charge on any atom is 0.328 e. The molecule has 0 aliphatic rings. The van der Waals surface area contributed by atoms with Crippen molar-refractivity contribution in [3.05, 3.63) is 32.7 Å². The number of fused-ring (bicyclic) bond motifs is 1. The number of carbonyl (C=O) groups is 1. The van der Waals surface area contributed by atoms with Crippen molar-refractivity contribution in [3.63, 3.8) is 0 Å². The maximum atomic E-state index is 12.4. The molecule has 0 saturated heterocycles. The van der Waals surface area contributed by atoms with Crippen LogP contribution in [-0.4, -0.2) is 14.9 Å². The van der Waals surface area contributed by atoms with Crippen LogP contribution in [0, 0.1) is 5.92 Å². The predicted molar refractivity (Wildman–Crippen MR) is 84.3 cm³/mol. The summed E-state index contributed by atoms with van der Waals surface area (Å²) in [6, 6.07) is 3.66. The fourth-order valence-corrected chi connectivity index (χ4v) is 2.86. The largest absolute Gasteiger partial charge is 0.328 e. The fourth-order valence-electron chi connectivity index (χ4n) is 2.30. The molecule has 0 fully saturated rings. The van der Waals surface area contributed by atoms with Gasteiger partial charge in [0.2, 0.25) is 0 Å². The molecule has 20 heavy (non-hydrogen) atoms. The summed E-state index contributed by atoms with van der Waals surface area (Å²) in [5.41, 5.74) is 2.18. The molecule has 1 heterocycles. The summed E-state index contributed by atoms with van der Waals surface area (Å²) >= 11 is 3.45. The van der Waals surface area contributed by atoms with E-state index in [0.717, 1.165) is 21.9 Å². The number of aryl methyl sites for hydroxylation is 2. The number of benzene rings is 1. The maximum absolute atomic E-state index is 12.4. The van der Waals surface area contributed by atoms with E-state index in [2.05, 4.69) is 29.8 Å². The molecule has 0 amide bonds. The van der Waals surface area contributed by atoms with Crippen molar-refractivity contribution in [1.82, 2.24) is 9.13 Å². The average molecular weight is 339 g/mol. The van der Waals surface area contributed by atoms with Crippen LogP contribution in [0.2, 0.25) is 0 Å². The van der Waals surface area contributed by atoms with Crippen molar-refractivity contribution in [1.29, 1.82) is 0 Å². The van der Waals surface area contributed by atoms with E-state index in [4.69, 9.17) is 0 Å². The Morgan fingerprint density at radius 2 is 1.80 bits per heavy atom. The molecule has 2 rings (SSSR count). The van der Waals surface area contributed by atoms with Crippen LogP contribution in [0.1, 0.15) is 37.0 Å². The number of ketones is 1. The molecule has 0 N–H and O–H groups in total. The molecule has 4 nitrogen and oxygen atoms in total. The zero-order valence-corrected chi connectivity index (χ0v) is 13.8. The van der Waals surface area contributed by atoms with Crippen LogP contribution in [0.15, 0.2) is 21.4 Å². The van der Waals surface area contributed by atoms with Crippen molar-refractivity contribution in [3.8, 4) is 0 Å². The van der Waals surface area contributed by atoms with Crippen molar-refractivity contribution in [2.45, 2.75) is 26.7 Å². The van der Waals surface area contributed by atoms with E-state index in [-0.39, 0.29) is 11.5 Å². The second-order valence-corrected chi connectivity index (χ2v) is 6.22. The van der Waals surface area contributed by atoms with E-state index < -0.39 is 0 Å². The summed E-state index contributed by atoms with van der Waals surface area (Å²) in [5.74, 6) is 0.481. The van der Waals surface area contributed by atoms with E-state index >= 15 is 0 Å². The molecule has 0 spiro atoms. The highest BCUT2D eigenvalue weighted by Gasteiger charge is 2.17. The third-order valence-electron chi connectivity index (χ3n) is 3.89. The molecule has 0 aliphatic heterocycles. The lowest BCUT2D eigenvalue weighted by Gasteiger charge is -2.09. The first kappa shape index (κ1) is 15.0. The first-order chi connectivity index (χ1) is 9.36. The molecule has 1 aromatic heterocycles. The summed E-state index contributed by atoms with van der Waals surface area (Å²) in [7, 11) is 3.46. The molecule has 0 saturated carbocycles. The minimum absolute atomic E-state index is 0.0848. The van der Waals surface area contributed by atoms with Crippen LogP contribution in [0.4, 0.5) is 0 Å². The zero-order valence-electron chi connectivity index (χ0n) is 12.2. The first-order valence-corrected chi connectivity index (χ1v) is 7.54. The first-order valence-electron chi connectivity index (χ1n) is 6.75. The van der Waals surface area contributed by atoms with Crippen molar-refractivity contribution >= 4 is 32.7 Å². The molecule has 0 aliphatic carbocycles. The Morgan fingerprint density at radius 1 is 1.25 bits per heavy atom. The van der Waals surface area contributed by atoms with Gasteiger partial charge in [-0.3, -0.25) is 13.9 Å². The summed E-state index contributed by atoms with van der Waals surface area (Å²) in [4.78, 5) is 24.3. The number of imidazole rings is 1. The Balaban J connectivity index is 2.56. The Hall–Kier alpha value is -1.36. The van der Waals surface area contributed by atoms with Gasteiger partial charge in [-0.15, -0.1) is 0 Å². The van der Waals surface area contributed by atoms with Gasteiger partial charge in [-0.1, -0.05) is 20.3 Å². The number of halogens is 1. The predicted octanol–water partition coefficient (Wildman–Crippen LogP) is 3.26. The average Bonchev–Trinajstić information content (AvgIpc) is 2.62. The third-order valence-corrected chi connectivity index (χ3v) is 4.55. The monoisotopic (exact) mass is 338 g/mol. The van der Waals surface area contributed by atoms with Gasteiger partial charge < -0.3 is 0 Å². The SMILES string of the molecule is CCC(C)CC(=O)c1cc2c(cc1Br)n(C)c(=O)n2C.